The van der Waals surface area contributed by atoms with Gasteiger partial charge in [0.05, 0.1) is 6.54 Å². The summed E-state index contributed by atoms with van der Waals surface area (Å²) in [5, 5.41) is 0. The molecular weight excluding hydrogens is 445 g/mol. The van der Waals surface area contributed by atoms with E-state index < -0.39 is 5.69 Å². The number of aryl methyl sites for hydroxylation is 1. The molecule has 4 aromatic rings. The first-order chi connectivity index (χ1) is 16.9. The highest BCUT2D eigenvalue weighted by atomic mass is 19.1. The van der Waals surface area contributed by atoms with Crippen LogP contribution in [0, 0.1) is 11.7 Å². The lowest BCUT2D eigenvalue weighted by Crippen LogP contribution is -2.37. The number of aromatic nitrogens is 4. The number of rotatable bonds is 6. The normalized spacial score (nSPS) is 15.2. The number of hydrogen-bond donors (Lipinski definition) is 0. The van der Waals surface area contributed by atoms with Crippen LogP contribution in [0.15, 0.2) is 64.2 Å². The number of nitrogens with zero attached hydrogens (tertiary/aromatic N) is 5. The van der Waals surface area contributed by atoms with Crippen LogP contribution in [0.1, 0.15) is 29.8 Å². The van der Waals surface area contributed by atoms with Crippen LogP contribution >= 0.6 is 0 Å². The average molecular weight is 476 g/mol. The van der Waals surface area contributed by atoms with Crippen molar-refractivity contribution >= 4 is 11.2 Å². The minimum Gasteiger partial charge on any atom is -0.317 e. The summed E-state index contributed by atoms with van der Waals surface area (Å²) in [6, 6.07) is 16.9. The number of benzene rings is 2. The monoisotopic (exact) mass is 475 g/mol. The van der Waals surface area contributed by atoms with E-state index in [0.29, 0.717) is 30.2 Å². The van der Waals surface area contributed by atoms with Crippen LogP contribution in [-0.4, -0.2) is 36.7 Å². The lowest BCUT2D eigenvalue weighted by molar-refractivity contribution is 0.172. The summed E-state index contributed by atoms with van der Waals surface area (Å²) in [6.07, 6.45) is 3.30. The van der Waals surface area contributed by atoms with Crippen molar-refractivity contribution in [2.45, 2.75) is 32.4 Å². The van der Waals surface area contributed by atoms with Gasteiger partial charge in [-0.05, 0) is 61.5 Å². The maximum Gasteiger partial charge on any atom is 0.332 e. The predicted molar refractivity (Wildman–Crippen MR) is 134 cm³/mol. The molecule has 35 heavy (non-hydrogen) atoms. The summed E-state index contributed by atoms with van der Waals surface area (Å²) in [5.41, 5.74) is 2.25. The Kier molecular flexibility index (Phi) is 6.38. The molecule has 0 aliphatic carbocycles. The lowest BCUT2D eigenvalue weighted by Gasteiger charge is -2.31. The molecule has 7 nitrogen and oxygen atoms in total. The van der Waals surface area contributed by atoms with E-state index in [-0.39, 0.29) is 11.4 Å². The Bertz CT molecular complexity index is 1450. The molecule has 182 valence electrons. The molecule has 2 aromatic carbocycles. The molecule has 1 aliphatic heterocycles. The lowest BCUT2D eigenvalue weighted by atomic mass is 9.90. The summed E-state index contributed by atoms with van der Waals surface area (Å²) >= 11 is 0. The number of hydrogen-bond acceptors (Lipinski definition) is 4. The van der Waals surface area contributed by atoms with Crippen LogP contribution < -0.4 is 11.2 Å². The van der Waals surface area contributed by atoms with Gasteiger partial charge >= 0.3 is 5.69 Å². The van der Waals surface area contributed by atoms with E-state index in [1.165, 1.54) is 29.3 Å². The fourth-order valence-electron chi connectivity index (χ4n) is 5.05. The van der Waals surface area contributed by atoms with E-state index in [2.05, 4.69) is 29.2 Å². The van der Waals surface area contributed by atoms with Crippen molar-refractivity contribution in [1.29, 1.82) is 0 Å². The van der Waals surface area contributed by atoms with E-state index in [0.717, 1.165) is 48.3 Å². The third-order valence-corrected chi connectivity index (χ3v) is 7.12. The van der Waals surface area contributed by atoms with Gasteiger partial charge in [-0.2, -0.15) is 0 Å². The summed E-state index contributed by atoms with van der Waals surface area (Å²) in [7, 11) is 3.12. The molecule has 0 radical (unpaired) electrons. The van der Waals surface area contributed by atoms with Crippen molar-refractivity contribution in [1.82, 2.24) is 23.6 Å². The van der Waals surface area contributed by atoms with Gasteiger partial charge in [0, 0.05) is 20.6 Å². The Balaban J connectivity index is 1.42. The van der Waals surface area contributed by atoms with E-state index in [1.807, 2.05) is 10.6 Å². The van der Waals surface area contributed by atoms with Crippen molar-refractivity contribution in [3.63, 3.8) is 0 Å². The maximum absolute atomic E-state index is 13.5. The number of fused-ring (bicyclic) bond motifs is 1. The Morgan fingerprint density at radius 3 is 2.26 bits per heavy atom. The Labute approximate surface area is 203 Å². The van der Waals surface area contributed by atoms with E-state index >= 15 is 0 Å². The molecule has 8 heteroatoms. The Morgan fingerprint density at radius 1 is 0.886 bits per heavy atom. The van der Waals surface area contributed by atoms with Crippen LogP contribution in [0.25, 0.3) is 11.2 Å². The summed E-state index contributed by atoms with van der Waals surface area (Å²) in [4.78, 5) is 32.8. The first kappa shape index (κ1) is 23.2. The van der Waals surface area contributed by atoms with Crippen LogP contribution in [0.4, 0.5) is 4.39 Å². The standard InChI is InChI=1S/C27H30FN5O2/c1-30-25-24(26(34)31(2)27(30)35)33(17-21-8-10-22(28)11-9-21)23(29-25)18-32-14-12-20(13-15-32)16-19-6-4-3-5-7-19/h3-11,20H,12-18H2,1-2H3. The molecule has 0 N–H and O–H groups in total. The van der Waals surface area contributed by atoms with Crippen molar-refractivity contribution in [3.05, 3.63) is 98.2 Å². The number of imidazole rings is 1. The third kappa shape index (κ3) is 4.71. The van der Waals surface area contributed by atoms with Crippen molar-refractivity contribution < 1.29 is 4.39 Å². The van der Waals surface area contributed by atoms with Gasteiger partial charge in [0.2, 0.25) is 0 Å². The highest BCUT2D eigenvalue weighted by Gasteiger charge is 2.24. The van der Waals surface area contributed by atoms with Crippen molar-refractivity contribution in [3.8, 4) is 0 Å². The van der Waals surface area contributed by atoms with Crippen molar-refractivity contribution in [2.24, 2.45) is 20.0 Å². The van der Waals surface area contributed by atoms with E-state index in [9.17, 15) is 14.0 Å². The second kappa shape index (κ2) is 9.62. The van der Waals surface area contributed by atoms with Gasteiger partial charge in [0.25, 0.3) is 5.56 Å². The molecule has 1 saturated heterocycles. The first-order valence-corrected chi connectivity index (χ1v) is 12.1. The Hall–Kier alpha value is -3.52. The number of piperidine rings is 1. The molecule has 5 rings (SSSR count). The summed E-state index contributed by atoms with van der Waals surface area (Å²) in [5.74, 6) is 1.09. The van der Waals surface area contributed by atoms with E-state index in [4.69, 9.17) is 4.98 Å². The van der Waals surface area contributed by atoms with Gasteiger partial charge < -0.3 is 4.57 Å². The maximum atomic E-state index is 13.5. The molecule has 0 saturated carbocycles. The van der Waals surface area contributed by atoms with Gasteiger partial charge in [-0.1, -0.05) is 42.5 Å². The van der Waals surface area contributed by atoms with Gasteiger partial charge in [-0.15, -0.1) is 0 Å². The molecule has 0 amide bonds. The quantitative estimate of drug-likeness (QED) is 0.430. The second-order valence-corrected chi connectivity index (χ2v) is 9.53. The molecule has 0 bridgehead atoms. The highest BCUT2D eigenvalue weighted by molar-refractivity contribution is 5.71. The first-order valence-electron chi connectivity index (χ1n) is 12.1. The fraction of sp³-hybridized carbons (Fsp3) is 0.370. The molecule has 1 aliphatic rings. The molecule has 0 spiro atoms. The molecule has 3 heterocycles. The topological polar surface area (TPSA) is 65.1 Å². The highest BCUT2D eigenvalue weighted by Crippen LogP contribution is 2.24. The fourth-order valence-corrected chi connectivity index (χ4v) is 5.05. The molecule has 1 fully saturated rings. The molecule has 2 aromatic heterocycles. The third-order valence-electron chi connectivity index (χ3n) is 7.12. The van der Waals surface area contributed by atoms with E-state index in [1.54, 1.807) is 19.2 Å². The molecule has 0 unspecified atom stereocenters. The zero-order valence-corrected chi connectivity index (χ0v) is 20.2. The van der Waals surface area contributed by atoms with Crippen molar-refractivity contribution in [2.75, 3.05) is 13.1 Å². The second-order valence-electron chi connectivity index (χ2n) is 9.53. The largest absolute Gasteiger partial charge is 0.332 e. The van der Waals surface area contributed by atoms with Gasteiger partial charge in [0.15, 0.2) is 11.2 Å². The number of halogens is 1. The average Bonchev–Trinajstić information content (AvgIpc) is 3.22. The number of likely N-dealkylation sites (tertiary alicyclic amines) is 1. The van der Waals surface area contributed by atoms with Crippen LogP contribution in [0.5, 0.6) is 0 Å². The molecule has 0 atom stereocenters. The van der Waals surface area contributed by atoms with Crippen LogP contribution in [0.3, 0.4) is 0 Å². The van der Waals surface area contributed by atoms with Crippen LogP contribution in [0.2, 0.25) is 0 Å². The summed E-state index contributed by atoms with van der Waals surface area (Å²) < 4.78 is 17.9. The zero-order valence-electron chi connectivity index (χ0n) is 20.2. The van der Waals surface area contributed by atoms with Gasteiger partial charge in [-0.3, -0.25) is 18.8 Å². The van der Waals surface area contributed by atoms with Crippen LogP contribution in [-0.2, 0) is 33.6 Å². The molecular formula is C27H30FN5O2. The smallest absolute Gasteiger partial charge is 0.317 e. The predicted octanol–water partition coefficient (Wildman–Crippen LogP) is 3.08. The van der Waals surface area contributed by atoms with Gasteiger partial charge in [-0.25, -0.2) is 14.2 Å². The minimum atomic E-state index is -0.401. The minimum absolute atomic E-state index is 0.304. The zero-order chi connectivity index (χ0) is 24.5. The summed E-state index contributed by atoms with van der Waals surface area (Å²) in [6.45, 7) is 2.87. The Morgan fingerprint density at radius 2 is 1.57 bits per heavy atom. The van der Waals surface area contributed by atoms with Gasteiger partial charge in [0.1, 0.15) is 11.6 Å². The SMILES string of the molecule is Cn1c(=O)c2c(nc(CN3CCC(Cc4ccccc4)CC3)n2Cc2ccc(F)cc2)n(C)c1=O.